The molecule has 2 aromatic carbocycles. The molecule has 9 heteroatoms. The van der Waals surface area contributed by atoms with Gasteiger partial charge in [0.05, 0.1) is 12.0 Å². The lowest BCUT2D eigenvalue weighted by molar-refractivity contribution is -0.126. The van der Waals surface area contributed by atoms with Gasteiger partial charge in [-0.3, -0.25) is 14.4 Å². The van der Waals surface area contributed by atoms with Crippen LogP contribution in [0.15, 0.2) is 42.5 Å². The van der Waals surface area contributed by atoms with Crippen LogP contribution >= 0.6 is 11.6 Å². The average Bonchev–Trinajstić information content (AvgIpc) is 3.49. The van der Waals surface area contributed by atoms with Gasteiger partial charge in [0.2, 0.25) is 11.8 Å². The number of nitrogens with zero attached hydrogens (tertiary/aromatic N) is 1. The summed E-state index contributed by atoms with van der Waals surface area (Å²) in [5.74, 6) is -0.410. The standard InChI is InChI=1S/C25H28ClN3O5/c1-16-4-5-18(12-22(16)26)28-23(30)15-34-20-8-6-19(7-9-20)29-14-17(11-24(29)31)25(32)27-13-21-3-2-10-33-21/h4-9,12,17,21H,2-3,10-11,13-15H2,1H3,(H,27,32)(H,28,30)/t17-,21+/m1/s1. The molecule has 4 rings (SSSR count). The van der Waals surface area contributed by atoms with Crippen LogP contribution in [0.2, 0.25) is 5.02 Å². The van der Waals surface area contributed by atoms with Crippen LogP contribution in [-0.2, 0) is 19.1 Å². The summed E-state index contributed by atoms with van der Waals surface area (Å²) in [5.41, 5.74) is 2.21. The Balaban J connectivity index is 1.25. The van der Waals surface area contributed by atoms with Crippen LogP contribution in [0.5, 0.6) is 5.75 Å². The molecule has 2 N–H and O–H groups in total. The lowest BCUT2D eigenvalue weighted by atomic mass is 10.1. The molecule has 2 fully saturated rings. The Labute approximate surface area is 203 Å². The zero-order chi connectivity index (χ0) is 24.1. The Bertz CT molecular complexity index is 1050. The van der Waals surface area contributed by atoms with E-state index in [1.54, 1.807) is 41.3 Å². The van der Waals surface area contributed by atoms with E-state index in [9.17, 15) is 14.4 Å². The van der Waals surface area contributed by atoms with E-state index in [0.29, 0.717) is 35.2 Å². The fourth-order valence-electron chi connectivity index (χ4n) is 4.04. The lowest BCUT2D eigenvalue weighted by Gasteiger charge is -2.18. The van der Waals surface area contributed by atoms with Gasteiger partial charge in [-0.05, 0) is 61.7 Å². The van der Waals surface area contributed by atoms with Gasteiger partial charge < -0.3 is 25.0 Å². The maximum absolute atomic E-state index is 12.5. The molecule has 180 valence electrons. The van der Waals surface area contributed by atoms with Crippen molar-refractivity contribution < 1.29 is 23.9 Å². The third-order valence-corrected chi connectivity index (χ3v) is 6.40. The van der Waals surface area contributed by atoms with Crippen molar-refractivity contribution in [3.63, 3.8) is 0 Å². The number of hydrogen-bond acceptors (Lipinski definition) is 5. The second-order valence-electron chi connectivity index (χ2n) is 8.58. The summed E-state index contributed by atoms with van der Waals surface area (Å²) in [6.07, 6.45) is 2.22. The first-order valence-electron chi connectivity index (χ1n) is 11.4. The molecule has 2 atom stereocenters. The van der Waals surface area contributed by atoms with E-state index >= 15 is 0 Å². The van der Waals surface area contributed by atoms with Gasteiger partial charge in [-0.15, -0.1) is 0 Å². The molecular weight excluding hydrogens is 458 g/mol. The van der Waals surface area contributed by atoms with Crippen molar-refractivity contribution in [2.75, 3.05) is 36.5 Å². The van der Waals surface area contributed by atoms with E-state index in [-0.39, 0.29) is 42.8 Å². The van der Waals surface area contributed by atoms with Crippen LogP contribution in [-0.4, -0.2) is 50.1 Å². The highest BCUT2D eigenvalue weighted by atomic mass is 35.5. The molecule has 0 aromatic heterocycles. The minimum absolute atomic E-state index is 0.0708. The molecule has 34 heavy (non-hydrogen) atoms. The Morgan fingerprint density at radius 3 is 2.71 bits per heavy atom. The van der Waals surface area contributed by atoms with E-state index in [1.807, 2.05) is 13.0 Å². The molecule has 0 spiro atoms. The number of aryl methyl sites for hydroxylation is 1. The summed E-state index contributed by atoms with van der Waals surface area (Å²) in [5, 5.41) is 6.23. The number of halogens is 1. The topological polar surface area (TPSA) is 97.0 Å². The summed E-state index contributed by atoms with van der Waals surface area (Å²) < 4.78 is 11.1. The van der Waals surface area contributed by atoms with E-state index in [0.717, 1.165) is 25.0 Å². The number of ether oxygens (including phenoxy) is 2. The molecule has 2 heterocycles. The van der Waals surface area contributed by atoms with Crippen molar-refractivity contribution in [3.8, 4) is 5.75 Å². The van der Waals surface area contributed by atoms with Crippen molar-refractivity contribution in [2.24, 2.45) is 5.92 Å². The summed E-state index contributed by atoms with van der Waals surface area (Å²) in [6.45, 7) is 3.28. The number of nitrogens with one attached hydrogen (secondary N) is 2. The minimum Gasteiger partial charge on any atom is -0.484 e. The van der Waals surface area contributed by atoms with Gasteiger partial charge in [0, 0.05) is 42.5 Å². The van der Waals surface area contributed by atoms with Crippen LogP contribution in [0.25, 0.3) is 0 Å². The first-order valence-corrected chi connectivity index (χ1v) is 11.8. The van der Waals surface area contributed by atoms with Gasteiger partial charge in [-0.2, -0.15) is 0 Å². The number of hydrogen-bond donors (Lipinski definition) is 2. The second-order valence-corrected chi connectivity index (χ2v) is 8.99. The van der Waals surface area contributed by atoms with Crippen LogP contribution in [0.1, 0.15) is 24.8 Å². The SMILES string of the molecule is Cc1ccc(NC(=O)COc2ccc(N3C[C@H](C(=O)NC[C@@H]4CCCO4)CC3=O)cc2)cc1Cl. The van der Waals surface area contributed by atoms with E-state index in [4.69, 9.17) is 21.1 Å². The van der Waals surface area contributed by atoms with Gasteiger partial charge >= 0.3 is 0 Å². The second kappa shape index (κ2) is 10.9. The molecule has 2 saturated heterocycles. The Hall–Kier alpha value is -3.10. The monoisotopic (exact) mass is 485 g/mol. The maximum atomic E-state index is 12.5. The molecule has 3 amide bonds. The van der Waals surface area contributed by atoms with Crippen LogP contribution in [0, 0.1) is 12.8 Å². The van der Waals surface area contributed by atoms with Gasteiger partial charge in [-0.25, -0.2) is 0 Å². The highest BCUT2D eigenvalue weighted by Gasteiger charge is 2.35. The van der Waals surface area contributed by atoms with E-state index in [1.165, 1.54) is 0 Å². The van der Waals surface area contributed by atoms with Crippen molar-refractivity contribution in [1.29, 1.82) is 0 Å². The van der Waals surface area contributed by atoms with Crippen LogP contribution in [0.3, 0.4) is 0 Å². The number of carbonyl (C=O) groups excluding carboxylic acids is 3. The molecule has 0 bridgehead atoms. The number of carbonyl (C=O) groups is 3. The smallest absolute Gasteiger partial charge is 0.262 e. The molecule has 2 aliphatic heterocycles. The zero-order valence-corrected chi connectivity index (χ0v) is 19.8. The summed E-state index contributed by atoms with van der Waals surface area (Å²) in [7, 11) is 0. The van der Waals surface area contributed by atoms with Gasteiger partial charge in [0.25, 0.3) is 5.91 Å². The Morgan fingerprint density at radius 1 is 1.21 bits per heavy atom. The van der Waals surface area contributed by atoms with E-state index < -0.39 is 0 Å². The summed E-state index contributed by atoms with van der Waals surface area (Å²) >= 11 is 6.08. The largest absolute Gasteiger partial charge is 0.484 e. The van der Waals surface area contributed by atoms with Crippen molar-refractivity contribution in [3.05, 3.63) is 53.1 Å². The molecule has 0 saturated carbocycles. The van der Waals surface area contributed by atoms with E-state index in [2.05, 4.69) is 10.6 Å². The van der Waals surface area contributed by atoms with Gasteiger partial charge in [0.1, 0.15) is 5.75 Å². The number of anilines is 2. The summed E-state index contributed by atoms with van der Waals surface area (Å²) in [4.78, 5) is 38.7. The minimum atomic E-state index is -0.385. The number of benzene rings is 2. The molecule has 2 aromatic rings. The molecule has 2 aliphatic rings. The third-order valence-electron chi connectivity index (χ3n) is 6.00. The first kappa shape index (κ1) is 24.0. The highest BCUT2D eigenvalue weighted by molar-refractivity contribution is 6.31. The highest BCUT2D eigenvalue weighted by Crippen LogP contribution is 2.27. The third kappa shape index (κ3) is 6.07. The number of amides is 3. The molecule has 0 unspecified atom stereocenters. The molecule has 8 nitrogen and oxygen atoms in total. The Morgan fingerprint density at radius 2 is 2.00 bits per heavy atom. The first-order chi connectivity index (χ1) is 16.4. The fourth-order valence-corrected chi connectivity index (χ4v) is 4.22. The average molecular weight is 486 g/mol. The zero-order valence-electron chi connectivity index (χ0n) is 19.0. The van der Waals surface area contributed by atoms with Crippen LogP contribution < -0.4 is 20.3 Å². The molecular formula is C25H28ClN3O5. The van der Waals surface area contributed by atoms with Crippen LogP contribution in [0.4, 0.5) is 11.4 Å². The van der Waals surface area contributed by atoms with Crippen molar-refractivity contribution in [1.82, 2.24) is 5.32 Å². The predicted molar refractivity (Wildman–Crippen MR) is 129 cm³/mol. The quantitative estimate of drug-likeness (QED) is 0.598. The Kier molecular flexibility index (Phi) is 7.70. The normalized spacial score (nSPS) is 19.8. The molecule has 0 radical (unpaired) electrons. The number of rotatable bonds is 8. The summed E-state index contributed by atoms with van der Waals surface area (Å²) in [6, 6.07) is 12.2. The van der Waals surface area contributed by atoms with Crippen molar-refractivity contribution in [2.45, 2.75) is 32.3 Å². The van der Waals surface area contributed by atoms with Gasteiger partial charge in [-0.1, -0.05) is 17.7 Å². The maximum Gasteiger partial charge on any atom is 0.262 e. The lowest BCUT2D eigenvalue weighted by Crippen LogP contribution is -2.37. The molecule has 0 aliphatic carbocycles. The predicted octanol–water partition coefficient (Wildman–Crippen LogP) is 3.31. The van der Waals surface area contributed by atoms with Gasteiger partial charge in [0.15, 0.2) is 6.61 Å². The van der Waals surface area contributed by atoms with Crippen molar-refractivity contribution >= 4 is 40.7 Å². The fraction of sp³-hybridized carbons (Fsp3) is 0.400.